The van der Waals surface area contributed by atoms with E-state index in [0.29, 0.717) is 12.0 Å². The van der Waals surface area contributed by atoms with Crippen molar-refractivity contribution >= 4 is 17.4 Å². The van der Waals surface area contributed by atoms with E-state index >= 15 is 0 Å². The number of halogens is 1. The molecule has 4 nitrogen and oxygen atoms in total. The first kappa shape index (κ1) is 13.4. The summed E-state index contributed by atoms with van der Waals surface area (Å²) in [5.41, 5.74) is 1.81. The highest BCUT2D eigenvalue weighted by Gasteiger charge is 2.37. The number of rotatable bonds is 3. The molecular weight excluding hydrogens is 271 g/mol. The highest BCUT2D eigenvalue weighted by Crippen LogP contribution is 2.32. The van der Waals surface area contributed by atoms with Crippen molar-refractivity contribution in [1.82, 2.24) is 4.98 Å². The zero-order valence-electron chi connectivity index (χ0n) is 11.5. The molecule has 2 heterocycles. The van der Waals surface area contributed by atoms with Crippen molar-refractivity contribution in [3.8, 4) is 0 Å². The molecule has 0 radical (unpaired) electrons. The lowest BCUT2D eigenvalue weighted by atomic mass is 10.1. The van der Waals surface area contributed by atoms with Crippen LogP contribution >= 0.6 is 0 Å². The van der Waals surface area contributed by atoms with Gasteiger partial charge in [0.25, 0.3) is 11.7 Å². The van der Waals surface area contributed by atoms with E-state index < -0.39 is 17.5 Å². The highest BCUT2D eigenvalue weighted by atomic mass is 19.1. The fraction of sp³-hybridized carbons (Fsp3) is 0.188. The molecule has 1 aliphatic rings. The van der Waals surface area contributed by atoms with Gasteiger partial charge in [0.15, 0.2) is 0 Å². The van der Waals surface area contributed by atoms with E-state index in [0.717, 1.165) is 5.56 Å². The molecule has 1 aromatic heterocycles. The lowest BCUT2D eigenvalue weighted by Gasteiger charge is -2.17. The molecule has 0 atom stereocenters. The van der Waals surface area contributed by atoms with Crippen LogP contribution in [0, 0.1) is 12.7 Å². The Balaban J connectivity index is 1.91. The summed E-state index contributed by atoms with van der Waals surface area (Å²) >= 11 is 0. The van der Waals surface area contributed by atoms with Gasteiger partial charge in [-0.2, -0.15) is 0 Å². The molecule has 3 rings (SSSR count). The fourth-order valence-corrected chi connectivity index (χ4v) is 2.52. The Morgan fingerprint density at radius 2 is 2.10 bits per heavy atom. The zero-order chi connectivity index (χ0) is 15.0. The third-order valence-electron chi connectivity index (χ3n) is 3.51. The molecule has 0 N–H and O–H groups in total. The van der Waals surface area contributed by atoms with Crippen LogP contribution in [0.4, 0.5) is 10.1 Å². The molecule has 1 amide bonds. The van der Waals surface area contributed by atoms with E-state index in [1.54, 1.807) is 31.5 Å². The zero-order valence-corrected chi connectivity index (χ0v) is 11.5. The average molecular weight is 284 g/mol. The minimum atomic E-state index is -0.668. The number of fused-ring (bicyclic) bond motifs is 1. The van der Waals surface area contributed by atoms with Crippen molar-refractivity contribution < 1.29 is 14.0 Å². The van der Waals surface area contributed by atoms with Crippen LogP contribution in [-0.4, -0.2) is 23.2 Å². The second-order valence-electron chi connectivity index (χ2n) is 5.04. The summed E-state index contributed by atoms with van der Waals surface area (Å²) in [6.45, 7) is 1.95. The van der Waals surface area contributed by atoms with Crippen molar-refractivity contribution in [2.75, 3.05) is 11.4 Å². The molecule has 0 fully saturated rings. The minimum absolute atomic E-state index is 0.0968. The first-order chi connectivity index (χ1) is 10.1. The van der Waals surface area contributed by atoms with Crippen LogP contribution in [0.3, 0.4) is 0 Å². The molecule has 0 saturated carbocycles. The number of nitrogens with zero attached hydrogens (tertiary/aromatic N) is 2. The van der Waals surface area contributed by atoms with Gasteiger partial charge in [-0.3, -0.25) is 14.6 Å². The van der Waals surface area contributed by atoms with E-state index in [-0.39, 0.29) is 17.8 Å². The number of benzene rings is 1. The summed E-state index contributed by atoms with van der Waals surface area (Å²) in [5, 5.41) is 0. The first-order valence-electron chi connectivity index (χ1n) is 6.63. The number of carbonyl (C=O) groups is 2. The Labute approximate surface area is 121 Å². The van der Waals surface area contributed by atoms with E-state index in [4.69, 9.17) is 0 Å². The molecule has 0 bridgehead atoms. The number of hydrogen-bond acceptors (Lipinski definition) is 3. The maximum atomic E-state index is 14.1. The van der Waals surface area contributed by atoms with E-state index in [9.17, 15) is 14.0 Å². The fourth-order valence-electron chi connectivity index (χ4n) is 2.52. The van der Waals surface area contributed by atoms with Crippen molar-refractivity contribution in [3.63, 3.8) is 0 Å². The molecule has 106 valence electrons. The lowest BCUT2D eigenvalue weighted by molar-refractivity contribution is -0.114. The Morgan fingerprint density at radius 3 is 2.81 bits per heavy atom. The Bertz CT molecular complexity index is 729. The molecular formula is C16H13FN2O2. The van der Waals surface area contributed by atoms with Crippen molar-refractivity contribution in [2.24, 2.45) is 0 Å². The molecule has 0 unspecified atom stereocenters. The van der Waals surface area contributed by atoms with Crippen LogP contribution in [0.2, 0.25) is 0 Å². The van der Waals surface area contributed by atoms with Gasteiger partial charge in [0.1, 0.15) is 5.82 Å². The van der Waals surface area contributed by atoms with Crippen LogP contribution in [0.5, 0.6) is 0 Å². The lowest BCUT2D eigenvalue weighted by Crippen LogP contribution is -2.32. The van der Waals surface area contributed by atoms with Crippen molar-refractivity contribution in [3.05, 3.63) is 59.2 Å². The Hall–Kier alpha value is -2.56. The maximum Gasteiger partial charge on any atom is 0.299 e. The van der Waals surface area contributed by atoms with Crippen molar-refractivity contribution in [2.45, 2.75) is 13.3 Å². The van der Waals surface area contributed by atoms with Gasteiger partial charge in [0, 0.05) is 18.9 Å². The number of aryl methyl sites for hydroxylation is 1. The van der Waals surface area contributed by atoms with E-state index in [1.807, 2.05) is 6.07 Å². The number of amides is 1. The molecule has 1 aliphatic heterocycles. The van der Waals surface area contributed by atoms with Gasteiger partial charge in [-0.25, -0.2) is 4.39 Å². The van der Waals surface area contributed by atoms with Gasteiger partial charge in [0.2, 0.25) is 0 Å². The highest BCUT2D eigenvalue weighted by molar-refractivity contribution is 6.52. The maximum absolute atomic E-state index is 14.1. The van der Waals surface area contributed by atoms with Gasteiger partial charge >= 0.3 is 0 Å². The second kappa shape index (κ2) is 5.09. The van der Waals surface area contributed by atoms with E-state index in [1.165, 1.54) is 11.0 Å². The van der Waals surface area contributed by atoms with Gasteiger partial charge in [0.05, 0.1) is 11.3 Å². The Morgan fingerprint density at radius 1 is 1.29 bits per heavy atom. The number of Topliss-reactive ketones (excluding diaryl/α,β-unsaturated/α-hetero) is 1. The number of pyridine rings is 1. The third kappa shape index (κ3) is 2.31. The summed E-state index contributed by atoms with van der Waals surface area (Å²) < 4.78 is 14.1. The summed E-state index contributed by atoms with van der Waals surface area (Å²) in [6, 6.07) is 6.57. The topological polar surface area (TPSA) is 50.3 Å². The van der Waals surface area contributed by atoms with Gasteiger partial charge < -0.3 is 4.90 Å². The normalized spacial score (nSPS) is 13.7. The largest absolute Gasteiger partial charge is 0.302 e. The van der Waals surface area contributed by atoms with Crippen LogP contribution < -0.4 is 4.90 Å². The second-order valence-corrected chi connectivity index (χ2v) is 5.04. The van der Waals surface area contributed by atoms with Crippen LogP contribution in [0.15, 0.2) is 36.7 Å². The Kier molecular flexibility index (Phi) is 3.25. The van der Waals surface area contributed by atoms with Crippen LogP contribution in [-0.2, 0) is 11.2 Å². The van der Waals surface area contributed by atoms with Gasteiger partial charge in [-0.15, -0.1) is 0 Å². The van der Waals surface area contributed by atoms with Crippen molar-refractivity contribution in [1.29, 1.82) is 0 Å². The predicted octanol–water partition coefficient (Wildman–Crippen LogP) is 2.30. The third-order valence-corrected chi connectivity index (χ3v) is 3.51. The SMILES string of the molecule is Cc1cc(F)c2c(c1)C(=O)C(=O)N2CCc1cccnc1. The van der Waals surface area contributed by atoms with E-state index in [2.05, 4.69) is 4.98 Å². The van der Waals surface area contributed by atoms with Gasteiger partial charge in [-0.1, -0.05) is 6.07 Å². The number of hydrogen-bond donors (Lipinski definition) is 0. The average Bonchev–Trinajstić information content (AvgIpc) is 2.71. The van der Waals surface area contributed by atoms with Crippen LogP contribution in [0.25, 0.3) is 0 Å². The summed E-state index contributed by atoms with van der Waals surface area (Å²) in [6.07, 6.45) is 3.86. The molecule has 0 spiro atoms. The van der Waals surface area contributed by atoms with Gasteiger partial charge in [-0.05, 0) is 42.7 Å². The molecule has 0 saturated heterocycles. The number of carbonyl (C=O) groups excluding carboxylic acids is 2. The molecule has 1 aromatic carbocycles. The molecule has 0 aliphatic carbocycles. The quantitative estimate of drug-likeness (QED) is 0.813. The summed E-state index contributed by atoms with van der Waals surface area (Å²) in [4.78, 5) is 29.2. The standard InChI is InChI=1S/C16H13FN2O2/c1-10-7-12-14(13(17)8-10)19(16(21)15(12)20)6-4-11-3-2-5-18-9-11/h2-3,5,7-9H,4,6H2,1H3. The monoisotopic (exact) mass is 284 g/mol. The minimum Gasteiger partial charge on any atom is -0.302 e. The summed E-state index contributed by atoms with van der Waals surface area (Å²) in [7, 11) is 0. The predicted molar refractivity (Wildman–Crippen MR) is 75.8 cm³/mol. The summed E-state index contributed by atoms with van der Waals surface area (Å²) in [5.74, 6) is -1.84. The number of anilines is 1. The molecule has 2 aromatic rings. The molecule has 21 heavy (non-hydrogen) atoms. The number of ketones is 1. The first-order valence-corrected chi connectivity index (χ1v) is 6.63. The smallest absolute Gasteiger partial charge is 0.299 e. The number of aromatic nitrogens is 1. The molecule has 5 heteroatoms. The van der Waals surface area contributed by atoms with Crippen LogP contribution in [0.1, 0.15) is 21.5 Å².